The topological polar surface area (TPSA) is 70.1 Å². The van der Waals surface area contributed by atoms with E-state index < -0.39 is 5.97 Å². The molecule has 0 spiro atoms. The van der Waals surface area contributed by atoms with Gasteiger partial charge in [-0.2, -0.15) is 0 Å². The summed E-state index contributed by atoms with van der Waals surface area (Å²) in [7, 11) is 0. The van der Waals surface area contributed by atoms with E-state index in [2.05, 4.69) is 9.80 Å². The number of esters is 1. The van der Waals surface area contributed by atoms with Crippen molar-refractivity contribution in [3.63, 3.8) is 0 Å². The molecule has 1 N–H and O–H groups in total. The third-order valence-electron chi connectivity index (χ3n) is 4.71. The smallest absolute Gasteiger partial charge is 0.310 e. The molecule has 0 aromatic carbocycles. The van der Waals surface area contributed by atoms with Gasteiger partial charge in [0.15, 0.2) is 0 Å². The first-order valence-corrected chi connectivity index (χ1v) is 8.45. The van der Waals surface area contributed by atoms with Crippen LogP contribution in [0.1, 0.15) is 39.0 Å². The van der Waals surface area contributed by atoms with E-state index in [1.165, 1.54) is 0 Å². The number of hydrogen-bond acceptors (Lipinski definition) is 5. The Morgan fingerprint density at radius 3 is 2.68 bits per heavy atom. The molecule has 0 aromatic rings. The third kappa shape index (κ3) is 4.95. The number of hydrogen-bond donors (Lipinski definition) is 1. The number of carbonyl (C=O) groups excluding carboxylic acids is 1. The first-order chi connectivity index (χ1) is 10.6. The summed E-state index contributed by atoms with van der Waals surface area (Å²) < 4.78 is 5.16. The molecule has 2 unspecified atom stereocenters. The molecule has 6 nitrogen and oxygen atoms in total. The van der Waals surface area contributed by atoms with Gasteiger partial charge < -0.3 is 14.7 Å². The van der Waals surface area contributed by atoms with Gasteiger partial charge in [0.25, 0.3) is 0 Å². The molecule has 126 valence electrons. The van der Waals surface area contributed by atoms with Crippen LogP contribution in [0.25, 0.3) is 0 Å². The maximum Gasteiger partial charge on any atom is 0.310 e. The fourth-order valence-electron chi connectivity index (χ4n) is 3.58. The second kappa shape index (κ2) is 8.48. The van der Waals surface area contributed by atoms with Crippen molar-refractivity contribution < 1.29 is 19.4 Å². The predicted molar refractivity (Wildman–Crippen MR) is 82.6 cm³/mol. The first-order valence-electron chi connectivity index (χ1n) is 8.45. The number of carboxylic acid groups (broad SMARTS) is 1. The highest BCUT2D eigenvalue weighted by atomic mass is 16.5. The molecule has 2 atom stereocenters. The summed E-state index contributed by atoms with van der Waals surface area (Å²) in [6, 6.07) is 0.444. The quantitative estimate of drug-likeness (QED) is 0.743. The molecule has 2 fully saturated rings. The summed E-state index contributed by atoms with van der Waals surface area (Å²) in [5.41, 5.74) is 0. The predicted octanol–water partition coefficient (Wildman–Crippen LogP) is 1.20. The van der Waals surface area contributed by atoms with Crippen LogP contribution in [-0.2, 0) is 14.3 Å². The van der Waals surface area contributed by atoms with Crippen LogP contribution in [0.3, 0.4) is 0 Å². The van der Waals surface area contributed by atoms with E-state index in [1.807, 2.05) is 6.92 Å². The fourth-order valence-corrected chi connectivity index (χ4v) is 3.58. The van der Waals surface area contributed by atoms with Gasteiger partial charge in [0.2, 0.25) is 0 Å². The lowest BCUT2D eigenvalue weighted by molar-refractivity contribution is -0.150. The molecule has 2 aliphatic heterocycles. The maximum atomic E-state index is 11.9. The number of ether oxygens (including phenoxy) is 1. The summed E-state index contributed by atoms with van der Waals surface area (Å²) in [4.78, 5) is 27.3. The van der Waals surface area contributed by atoms with Crippen LogP contribution in [-0.4, -0.2) is 72.2 Å². The molecule has 0 aliphatic carbocycles. The molecule has 0 saturated carbocycles. The third-order valence-corrected chi connectivity index (χ3v) is 4.71. The van der Waals surface area contributed by atoms with Crippen LogP contribution in [0.4, 0.5) is 0 Å². The second-order valence-electron chi connectivity index (χ2n) is 6.33. The van der Waals surface area contributed by atoms with E-state index >= 15 is 0 Å². The normalized spacial score (nSPS) is 27.5. The van der Waals surface area contributed by atoms with Crippen molar-refractivity contribution >= 4 is 11.9 Å². The molecule has 0 radical (unpaired) electrons. The van der Waals surface area contributed by atoms with Gasteiger partial charge >= 0.3 is 11.9 Å². The lowest BCUT2D eigenvalue weighted by Crippen LogP contribution is -2.52. The summed E-state index contributed by atoms with van der Waals surface area (Å²) in [5.74, 6) is -0.795. The van der Waals surface area contributed by atoms with Crippen molar-refractivity contribution in [3.05, 3.63) is 0 Å². The fraction of sp³-hybridized carbons (Fsp3) is 0.875. The summed E-state index contributed by atoms with van der Waals surface area (Å²) in [6.45, 7) is 6.65. The average Bonchev–Trinajstić information content (AvgIpc) is 2.53. The zero-order chi connectivity index (χ0) is 15.9. The first kappa shape index (κ1) is 17.2. The Hall–Kier alpha value is -1.14. The highest BCUT2D eigenvalue weighted by molar-refractivity contribution is 5.72. The van der Waals surface area contributed by atoms with Crippen molar-refractivity contribution in [1.29, 1.82) is 0 Å². The number of carboxylic acids is 1. The van der Waals surface area contributed by atoms with Crippen molar-refractivity contribution in [2.45, 2.75) is 45.1 Å². The Balaban J connectivity index is 1.84. The van der Waals surface area contributed by atoms with Crippen LogP contribution in [0, 0.1) is 5.92 Å². The monoisotopic (exact) mass is 312 g/mol. The van der Waals surface area contributed by atoms with Crippen LogP contribution in [0.2, 0.25) is 0 Å². The molecule has 2 saturated heterocycles. The molecule has 0 bridgehead atoms. The molecule has 0 aromatic heterocycles. The number of piperidine rings is 2. The number of carbonyl (C=O) groups is 2. The van der Waals surface area contributed by atoms with Gasteiger partial charge in [-0.25, -0.2) is 0 Å². The molecule has 2 aliphatic rings. The van der Waals surface area contributed by atoms with Gasteiger partial charge in [-0.15, -0.1) is 0 Å². The molecule has 6 heteroatoms. The number of rotatable bonds is 6. The van der Waals surface area contributed by atoms with E-state index in [0.29, 0.717) is 19.2 Å². The van der Waals surface area contributed by atoms with Gasteiger partial charge in [0.05, 0.1) is 18.9 Å². The minimum atomic E-state index is -0.734. The Morgan fingerprint density at radius 1 is 1.18 bits per heavy atom. The van der Waals surface area contributed by atoms with Crippen molar-refractivity contribution in [2.24, 2.45) is 5.92 Å². The van der Waals surface area contributed by atoms with Crippen LogP contribution >= 0.6 is 0 Å². The summed E-state index contributed by atoms with van der Waals surface area (Å²) in [6.07, 6.45) is 4.40. The Bertz CT molecular complexity index is 388. The average molecular weight is 312 g/mol. The van der Waals surface area contributed by atoms with E-state index in [9.17, 15) is 9.59 Å². The van der Waals surface area contributed by atoms with Crippen molar-refractivity contribution in [1.82, 2.24) is 9.80 Å². The lowest BCUT2D eigenvalue weighted by Gasteiger charge is -2.42. The van der Waals surface area contributed by atoms with E-state index in [0.717, 1.165) is 51.9 Å². The SMILES string of the molecule is CCOC(=O)C1CCCN(C2CCCN(CCC(=O)O)C2)C1. The molecular weight excluding hydrogens is 284 g/mol. The second-order valence-corrected chi connectivity index (χ2v) is 6.33. The van der Waals surface area contributed by atoms with E-state index in [1.54, 1.807) is 0 Å². The van der Waals surface area contributed by atoms with Crippen LogP contribution in [0.15, 0.2) is 0 Å². The minimum absolute atomic E-state index is 0.00287. The largest absolute Gasteiger partial charge is 0.481 e. The molecular formula is C16H28N2O4. The van der Waals surface area contributed by atoms with E-state index in [4.69, 9.17) is 9.84 Å². The van der Waals surface area contributed by atoms with Gasteiger partial charge in [-0.3, -0.25) is 14.5 Å². The van der Waals surface area contributed by atoms with Crippen LogP contribution < -0.4 is 0 Å². The van der Waals surface area contributed by atoms with E-state index in [-0.39, 0.29) is 18.3 Å². The van der Waals surface area contributed by atoms with Gasteiger partial charge in [0, 0.05) is 25.7 Å². The highest BCUT2D eigenvalue weighted by Crippen LogP contribution is 2.24. The molecule has 2 rings (SSSR count). The standard InChI is InChI=1S/C16H28N2O4/c1-2-22-16(21)13-5-3-9-18(11-13)14-6-4-8-17(12-14)10-7-15(19)20/h13-14H,2-12H2,1H3,(H,19,20). The van der Waals surface area contributed by atoms with Crippen LogP contribution in [0.5, 0.6) is 0 Å². The van der Waals surface area contributed by atoms with Crippen molar-refractivity contribution in [3.8, 4) is 0 Å². The molecule has 0 amide bonds. The van der Waals surface area contributed by atoms with Crippen molar-refractivity contribution in [2.75, 3.05) is 39.3 Å². The lowest BCUT2D eigenvalue weighted by atomic mass is 9.94. The zero-order valence-corrected chi connectivity index (χ0v) is 13.5. The summed E-state index contributed by atoms with van der Waals surface area (Å²) in [5, 5.41) is 8.82. The maximum absolute atomic E-state index is 11.9. The number of aliphatic carboxylic acids is 1. The summed E-state index contributed by atoms with van der Waals surface area (Å²) >= 11 is 0. The van der Waals surface area contributed by atoms with Gasteiger partial charge in [-0.05, 0) is 45.7 Å². The molecule has 2 heterocycles. The Labute approximate surface area is 132 Å². The van der Waals surface area contributed by atoms with Gasteiger partial charge in [0.1, 0.15) is 0 Å². The Morgan fingerprint density at radius 2 is 1.95 bits per heavy atom. The van der Waals surface area contributed by atoms with Gasteiger partial charge in [-0.1, -0.05) is 0 Å². The number of nitrogens with zero attached hydrogens (tertiary/aromatic N) is 2. The Kier molecular flexibility index (Phi) is 6.64. The zero-order valence-electron chi connectivity index (χ0n) is 13.5. The molecule has 22 heavy (non-hydrogen) atoms. The minimum Gasteiger partial charge on any atom is -0.481 e. The number of likely N-dealkylation sites (tertiary alicyclic amines) is 2. The highest BCUT2D eigenvalue weighted by Gasteiger charge is 2.32.